The number of carbonyl (C=O) groups excluding carboxylic acids is 3. The molecule has 0 aromatic heterocycles. The minimum atomic E-state index is -1.23. The van der Waals surface area contributed by atoms with Gasteiger partial charge >= 0.3 is 5.97 Å². The maximum atomic E-state index is 12.9. The molecular weight excluding hydrogens is 364 g/mol. The smallest absolute Gasteiger partial charge is 0.303 e. The van der Waals surface area contributed by atoms with Crippen molar-refractivity contribution in [2.45, 2.75) is 71.8 Å². The van der Waals surface area contributed by atoms with Crippen LogP contribution in [0, 0.1) is 28.6 Å². The molecule has 156 valence electrons. The second kappa shape index (κ2) is 6.26. The molecule has 0 spiro atoms. The molecule has 3 fully saturated rings. The lowest BCUT2D eigenvalue weighted by Gasteiger charge is -2.59. The van der Waals surface area contributed by atoms with Crippen molar-refractivity contribution in [3.8, 4) is 0 Å². The van der Waals surface area contributed by atoms with Crippen molar-refractivity contribution in [1.29, 1.82) is 0 Å². The van der Waals surface area contributed by atoms with Crippen molar-refractivity contribution >= 4 is 17.5 Å². The molecule has 4 nitrogen and oxygen atoms in total. The summed E-state index contributed by atoms with van der Waals surface area (Å²) in [6.07, 6.45) is 6.60. The van der Waals surface area contributed by atoms with E-state index in [9.17, 15) is 14.4 Å². The number of Topliss-reactive ketones (excluding diaryl/α,β-unsaturated/α-hetero) is 1. The first kappa shape index (κ1) is 20.3. The molecule has 29 heavy (non-hydrogen) atoms. The largest absolute Gasteiger partial charge is 0.446 e. The number of rotatable bonds is 2. The quantitative estimate of drug-likeness (QED) is 0.500. The van der Waals surface area contributed by atoms with Crippen molar-refractivity contribution in [3.05, 3.63) is 36.0 Å². The molecule has 0 amide bonds. The highest BCUT2D eigenvalue weighted by Crippen LogP contribution is 2.69. The van der Waals surface area contributed by atoms with Gasteiger partial charge in [0.2, 0.25) is 0 Å². The molecule has 0 N–H and O–H groups in total. The Balaban J connectivity index is 1.79. The molecule has 3 saturated carbocycles. The number of allylic oxidation sites excluding steroid dienone is 2. The van der Waals surface area contributed by atoms with E-state index in [4.69, 9.17) is 4.74 Å². The fourth-order valence-corrected chi connectivity index (χ4v) is 7.64. The monoisotopic (exact) mass is 396 g/mol. The van der Waals surface area contributed by atoms with Crippen LogP contribution in [-0.2, 0) is 19.1 Å². The first-order chi connectivity index (χ1) is 13.5. The molecule has 4 rings (SSSR count). The summed E-state index contributed by atoms with van der Waals surface area (Å²) < 4.78 is 5.83. The van der Waals surface area contributed by atoms with Crippen molar-refractivity contribution in [1.82, 2.24) is 0 Å². The van der Waals surface area contributed by atoms with Crippen LogP contribution in [0.4, 0.5) is 0 Å². The number of fused-ring (bicyclic) bond motifs is 5. The third kappa shape index (κ3) is 2.47. The topological polar surface area (TPSA) is 60.4 Å². The average molecular weight is 397 g/mol. The van der Waals surface area contributed by atoms with E-state index in [0.29, 0.717) is 24.7 Å². The van der Waals surface area contributed by atoms with E-state index in [1.54, 1.807) is 0 Å². The molecule has 0 aromatic carbocycles. The van der Waals surface area contributed by atoms with Gasteiger partial charge in [0.05, 0.1) is 0 Å². The number of ether oxygens (including phenoxy) is 1. The molecule has 0 aromatic rings. The standard InChI is InChI=1S/C25H32O4/c1-14-11-19-20(23(5)9-7-18(28)13-21(14)23)8-10-24(6)22(19)12-15(2)25(24,16(3)26)29-17(4)27/h13,19-20,22H,1-2,7-12H2,3-6H3/t19-,20+,22-,23+,24-,25-/m0/s1. The minimum absolute atomic E-state index is 0.0422. The molecule has 4 aliphatic rings. The summed E-state index contributed by atoms with van der Waals surface area (Å²) >= 11 is 0. The average Bonchev–Trinajstić information content (AvgIpc) is 2.85. The lowest BCUT2D eigenvalue weighted by atomic mass is 9.45. The van der Waals surface area contributed by atoms with E-state index in [-0.39, 0.29) is 22.9 Å². The summed E-state index contributed by atoms with van der Waals surface area (Å²) in [5.74, 6) is 0.665. The highest BCUT2D eigenvalue weighted by atomic mass is 16.6. The Hall–Kier alpha value is -1.97. The van der Waals surface area contributed by atoms with Gasteiger partial charge in [0.1, 0.15) is 0 Å². The van der Waals surface area contributed by atoms with Crippen LogP contribution in [0.15, 0.2) is 36.0 Å². The van der Waals surface area contributed by atoms with Crippen LogP contribution in [0.25, 0.3) is 0 Å². The highest BCUT2D eigenvalue weighted by molar-refractivity contribution is 5.93. The zero-order valence-electron chi connectivity index (χ0n) is 18.1. The Morgan fingerprint density at radius 2 is 1.79 bits per heavy atom. The van der Waals surface area contributed by atoms with Gasteiger partial charge in [0, 0.05) is 18.8 Å². The molecule has 0 heterocycles. The van der Waals surface area contributed by atoms with E-state index >= 15 is 0 Å². The van der Waals surface area contributed by atoms with Crippen molar-refractivity contribution in [2.24, 2.45) is 28.6 Å². The van der Waals surface area contributed by atoms with E-state index in [0.717, 1.165) is 42.4 Å². The molecular formula is C25H32O4. The minimum Gasteiger partial charge on any atom is -0.446 e. The third-order valence-electron chi connectivity index (χ3n) is 8.88. The molecule has 6 atom stereocenters. The molecule has 0 saturated heterocycles. The van der Waals surface area contributed by atoms with Crippen LogP contribution in [0.5, 0.6) is 0 Å². The van der Waals surface area contributed by atoms with E-state index in [1.807, 2.05) is 6.08 Å². The molecule has 0 radical (unpaired) electrons. The maximum Gasteiger partial charge on any atom is 0.303 e. The first-order valence-corrected chi connectivity index (χ1v) is 10.8. The highest BCUT2D eigenvalue weighted by Gasteiger charge is 2.69. The maximum absolute atomic E-state index is 12.9. The van der Waals surface area contributed by atoms with Gasteiger partial charge in [-0.3, -0.25) is 14.4 Å². The van der Waals surface area contributed by atoms with Crippen molar-refractivity contribution < 1.29 is 19.1 Å². The number of ketones is 2. The van der Waals surface area contributed by atoms with Gasteiger partial charge in [-0.1, -0.05) is 32.6 Å². The van der Waals surface area contributed by atoms with Crippen molar-refractivity contribution in [3.63, 3.8) is 0 Å². The Kier molecular flexibility index (Phi) is 4.39. The molecule has 0 unspecified atom stereocenters. The lowest BCUT2D eigenvalue weighted by molar-refractivity contribution is -0.181. The van der Waals surface area contributed by atoms with Crippen molar-refractivity contribution in [2.75, 3.05) is 0 Å². The van der Waals surface area contributed by atoms with Gasteiger partial charge in [0.15, 0.2) is 17.2 Å². The van der Waals surface area contributed by atoms with Gasteiger partial charge in [0.25, 0.3) is 0 Å². The van der Waals surface area contributed by atoms with Crippen LogP contribution in [0.2, 0.25) is 0 Å². The second-order valence-corrected chi connectivity index (χ2v) is 10.2. The van der Waals surface area contributed by atoms with Crippen LogP contribution in [0.3, 0.4) is 0 Å². The normalized spacial score (nSPS) is 43.8. The lowest BCUT2D eigenvalue weighted by Crippen LogP contribution is -2.59. The molecule has 4 heteroatoms. The Labute approximate surface area is 173 Å². The van der Waals surface area contributed by atoms with Gasteiger partial charge in [-0.05, 0) is 79.4 Å². The first-order valence-electron chi connectivity index (χ1n) is 10.8. The Morgan fingerprint density at radius 3 is 2.41 bits per heavy atom. The van der Waals surface area contributed by atoms with Gasteiger partial charge in [-0.2, -0.15) is 0 Å². The summed E-state index contributed by atoms with van der Waals surface area (Å²) in [5.41, 5.74) is 1.22. The number of hydrogen-bond donors (Lipinski definition) is 0. The van der Waals surface area contributed by atoms with E-state index in [1.165, 1.54) is 13.8 Å². The van der Waals surface area contributed by atoms with Gasteiger partial charge in [-0.25, -0.2) is 0 Å². The fraction of sp³-hybridized carbons (Fsp3) is 0.640. The van der Waals surface area contributed by atoms with Crippen LogP contribution >= 0.6 is 0 Å². The van der Waals surface area contributed by atoms with Gasteiger partial charge < -0.3 is 4.74 Å². The molecule has 0 aliphatic heterocycles. The zero-order chi connectivity index (χ0) is 21.4. The Bertz CT molecular complexity index is 879. The number of esters is 1. The zero-order valence-corrected chi connectivity index (χ0v) is 18.1. The molecule has 4 aliphatic carbocycles. The van der Waals surface area contributed by atoms with E-state index in [2.05, 4.69) is 27.0 Å². The molecule has 0 bridgehead atoms. The van der Waals surface area contributed by atoms with Crippen LogP contribution < -0.4 is 0 Å². The van der Waals surface area contributed by atoms with Gasteiger partial charge in [-0.15, -0.1) is 0 Å². The van der Waals surface area contributed by atoms with E-state index < -0.39 is 17.0 Å². The summed E-state index contributed by atoms with van der Waals surface area (Å²) in [5, 5.41) is 0. The summed E-state index contributed by atoms with van der Waals surface area (Å²) in [7, 11) is 0. The van der Waals surface area contributed by atoms with Crippen LogP contribution in [0.1, 0.15) is 66.2 Å². The fourth-order valence-electron chi connectivity index (χ4n) is 7.64. The summed E-state index contributed by atoms with van der Waals surface area (Å²) in [6, 6.07) is 0. The number of carbonyl (C=O) groups is 3. The predicted molar refractivity (Wildman–Crippen MR) is 111 cm³/mol. The number of hydrogen-bond acceptors (Lipinski definition) is 4. The SMILES string of the molecule is C=C1C[C@H]2[C@@H](CC[C@@]3(C)[C@H]2CC(=C)[C@]3(OC(C)=O)C(C)=O)[C@@]2(C)CCC(=O)C=C12. The summed E-state index contributed by atoms with van der Waals surface area (Å²) in [6.45, 7) is 15.9. The Morgan fingerprint density at radius 1 is 1.10 bits per heavy atom. The third-order valence-corrected chi connectivity index (χ3v) is 8.88. The predicted octanol–water partition coefficient (Wildman–Crippen LogP) is 4.74. The summed E-state index contributed by atoms with van der Waals surface area (Å²) in [4.78, 5) is 37.0. The van der Waals surface area contributed by atoms with Crippen LogP contribution in [-0.4, -0.2) is 23.1 Å². The second-order valence-electron chi connectivity index (χ2n) is 10.2.